The number of benzene rings is 1. The van der Waals surface area contributed by atoms with Crippen LogP contribution in [0.1, 0.15) is 18.4 Å². The highest BCUT2D eigenvalue weighted by molar-refractivity contribution is 5.78. The monoisotopic (exact) mass is 233 g/mol. The van der Waals surface area contributed by atoms with E-state index in [2.05, 4.69) is 16.4 Å². The Kier molecular flexibility index (Phi) is 3.85. The van der Waals surface area contributed by atoms with Crippen LogP contribution in [0.25, 0.3) is 0 Å². The fraction of sp³-hybridized carbons (Fsp3) is 0.462. The van der Waals surface area contributed by atoms with Gasteiger partial charge in [-0.3, -0.25) is 4.99 Å². The summed E-state index contributed by atoms with van der Waals surface area (Å²) in [6.07, 6.45) is 3.27. The molecule has 0 atom stereocenters. The highest BCUT2D eigenvalue weighted by atomic mass is 16.5. The third kappa shape index (κ3) is 3.66. The van der Waals surface area contributed by atoms with E-state index in [1.54, 1.807) is 7.11 Å². The van der Waals surface area contributed by atoms with E-state index in [1.807, 2.05) is 18.2 Å². The predicted molar refractivity (Wildman–Crippen MR) is 69.3 cm³/mol. The molecule has 1 fully saturated rings. The van der Waals surface area contributed by atoms with Crippen molar-refractivity contribution in [3.8, 4) is 5.75 Å². The van der Waals surface area contributed by atoms with E-state index >= 15 is 0 Å². The van der Waals surface area contributed by atoms with Gasteiger partial charge in [0.25, 0.3) is 0 Å². The molecule has 0 radical (unpaired) electrons. The number of hydrogen-bond donors (Lipinski definition) is 2. The van der Waals surface area contributed by atoms with Gasteiger partial charge in [-0.15, -0.1) is 0 Å². The standard InChI is InChI=1S/C13H19N3O/c1-17-12-5-3-2-4-10(12)8-9-15-13(14)16-11-6-7-11/h2-5,11H,6-9H2,1H3,(H3,14,15,16). The summed E-state index contributed by atoms with van der Waals surface area (Å²) >= 11 is 0. The molecular weight excluding hydrogens is 214 g/mol. The van der Waals surface area contributed by atoms with Crippen molar-refractivity contribution < 1.29 is 4.74 Å². The molecule has 0 heterocycles. The molecule has 1 aliphatic rings. The molecule has 92 valence electrons. The minimum atomic E-state index is 0.558. The number of hydrogen-bond acceptors (Lipinski definition) is 2. The number of ether oxygens (including phenoxy) is 1. The Hall–Kier alpha value is -1.71. The first-order valence-corrected chi connectivity index (χ1v) is 5.98. The van der Waals surface area contributed by atoms with E-state index in [0.717, 1.165) is 17.7 Å². The minimum Gasteiger partial charge on any atom is -0.496 e. The molecular formula is C13H19N3O. The number of rotatable bonds is 5. The zero-order valence-electron chi connectivity index (χ0n) is 10.1. The van der Waals surface area contributed by atoms with Crippen molar-refractivity contribution in [3.63, 3.8) is 0 Å². The van der Waals surface area contributed by atoms with Gasteiger partial charge in [-0.25, -0.2) is 0 Å². The van der Waals surface area contributed by atoms with Crippen molar-refractivity contribution in [2.75, 3.05) is 13.7 Å². The molecule has 0 saturated heterocycles. The number of aliphatic imine (C=N–C) groups is 1. The summed E-state index contributed by atoms with van der Waals surface area (Å²) in [5.41, 5.74) is 6.92. The highest BCUT2D eigenvalue weighted by Crippen LogP contribution is 2.18. The number of para-hydroxylation sites is 1. The number of nitrogens with two attached hydrogens (primary N) is 1. The van der Waals surface area contributed by atoms with Crippen molar-refractivity contribution >= 4 is 5.96 Å². The van der Waals surface area contributed by atoms with Gasteiger partial charge >= 0.3 is 0 Å². The Labute approximate surface area is 102 Å². The lowest BCUT2D eigenvalue weighted by atomic mass is 10.1. The van der Waals surface area contributed by atoms with Crippen molar-refractivity contribution in [2.45, 2.75) is 25.3 Å². The van der Waals surface area contributed by atoms with Crippen molar-refractivity contribution in [1.82, 2.24) is 5.32 Å². The lowest BCUT2D eigenvalue weighted by Crippen LogP contribution is -2.33. The van der Waals surface area contributed by atoms with E-state index < -0.39 is 0 Å². The molecule has 0 bridgehead atoms. The van der Waals surface area contributed by atoms with E-state index in [0.29, 0.717) is 18.5 Å². The Morgan fingerprint density at radius 2 is 2.24 bits per heavy atom. The number of nitrogens with zero attached hydrogens (tertiary/aromatic N) is 1. The van der Waals surface area contributed by atoms with Crippen LogP contribution in [-0.2, 0) is 6.42 Å². The molecule has 2 rings (SSSR count). The van der Waals surface area contributed by atoms with Crippen molar-refractivity contribution in [3.05, 3.63) is 29.8 Å². The van der Waals surface area contributed by atoms with Gasteiger partial charge in [-0.2, -0.15) is 0 Å². The quantitative estimate of drug-likeness (QED) is 0.595. The Morgan fingerprint density at radius 1 is 1.47 bits per heavy atom. The van der Waals surface area contributed by atoms with Gasteiger partial charge < -0.3 is 15.8 Å². The van der Waals surface area contributed by atoms with Crippen molar-refractivity contribution in [1.29, 1.82) is 0 Å². The normalized spacial score (nSPS) is 15.7. The molecule has 1 saturated carbocycles. The minimum absolute atomic E-state index is 0.558. The molecule has 17 heavy (non-hydrogen) atoms. The molecule has 0 aliphatic heterocycles. The van der Waals surface area contributed by atoms with Gasteiger partial charge in [0.05, 0.1) is 7.11 Å². The second kappa shape index (κ2) is 5.57. The lowest BCUT2D eigenvalue weighted by Gasteiger charge is -2.07. The lowest BCUT2D eigenvalue weighted by molar-refractivity contribution is 0.410. The molecule has 0 unspecified atom stereocenters. The number of guanidine groups is 1. The Balaban J connectivity index is 1.84. The first-order valence-electron chi connectivity index (χ1n) is 5.98. The summed E-state index contributed by atoms with van der Waals surface area (Å²) in [5.74, 6) is 1.47. The summed E-state index contributed by atoms with van der Waals surface area (Å²) in [5, 5.41) is 3.17. The van der Waals surface area contributed by atoms with Gasteiger partial charge in [0.15, 0.2) is 5.96 Å². The zero-order valence-corrected chi connectivity index (χ0v) is 10.1. The predicted octanol–water partition coefficient (Wildman–Crippen LogP) is 1.30. The molecule has 0 aromatic heterocycles. The van der Waals surface area contributed by atoms with Crippen LogP contribution in [0, 0.1) is 0 Å². The van der Waals surface area contributed by atoms with E-state index in [1.165, 1.54) is 12.8 Å². The first kappa shape index (κ1) is 11.8. The Morgan fingerprint density at radius 3 is 2.94 bits per heavy atom. The average Bonchev–Trinajstić information content (AvgIpc) is 3.13. The van der Waals surface area contributed by atoms with Crippen LogP contribution in [0.5, 0.6) is 5.75 Å². The smallest absolute Gasteiger partial charge is 0.188 e. The molecule has 1 aliphatic carbocycles. The maximum atomic E-state index is 5.76. The van der Waals surface area contributed by atoms with Crippen molar-refractivity contribution in [2.24, 2.45) is 10.7 Å². The van der Waals surface area contributed by atoms with E-state index in [-0.39, 0.29) is 0 Å². The third-order valence-electron chi connectivity index (χ3n) is 2.79. The molecule has 1 aromatic carbocycles. The van der Waals surface area contributed by atoms with Gasteiger partial charge in [-0.05, 0) is 30.9 Å². The molecule has 4 nitrogen and oxygen atoms in total. The maximum absolute atomic E-state index is 5.76. The second-order valence-electron chi connectivity index (χ2n) is 4.25. The molecule has 0 amide bonds. The summed E-state index contributed by atoms with van der Waals surface area (Å²) in [4.78, 5) is 4.30. The van der Waals surface area contributed by atoms with Gasteiger partial charge in [0.1, 0.15) is 5.75 Å². The Bertz CT molecular complexity index is 399. The van der Waals surface area contributed by atoms with Crippen LogP contribution in [0.3, 0.4) is 0 Å². The van der Waals surface area contributed by atoms with Crippen LogP contribution in [0.4, 0.5) is 0 Å². The van der Waals surface area contributed by atoms with Crippen LogP contribution < -0.4 is 15.8 Å². The van der Waals surface area contributed by atoms with E-state index in [9.17, 15) is 0 Å². The van der Waals surface area contributed by atoms with Gasteiger partial charge in [0.2, 0.25) is 0 Å². The van der Waals surface area contributed by atoms with Crippen LogP contribution in [0.15, 0.2) is 29.3 Å². The SMILES string of the molecule is COc1ccccc1CCN=C(N)NC1CC1. The number of nitrogens with one attached hydrogen (secondary N) is 1. The molecule has 0 spiro atoms. The fourth-order valence-electron chi connectivity index (χ4n) is 1.69. The first-order chi connectivity index (χ1) is 8.29. The largest absolute Gasteiger partial charge is 0.496 e. The maximum Gasteiger partial charge on any atom is 0.188 e. The zero-order chi connectivity index (χ0) is 12.1. The molecule has 4 heteroatoms. The van der Waals surface area contributed by atoms with Crippen LogP contribution in [0.2, 0.25) is 0 Å². The molecule has 3 N–H and O–H groups in total. The third-order valence-corrected chi connectivity index (χ3v) is 2.79. The summed E-state index contributed by atoms with van der Waals surface area (Å²) in [7, 11) is 1.69. The second-order valence-corrected chi connectivity index (χ2v) is 4.25. The summed E-state index contributed by atoms with van der Waals surface area (Å²) in [6.45, 7) is 0.686. The van der Waals surface area contributed by atoms with Gasteiger partial charge in [-0.1, -0.05) is 18.2 Å². The van der Waals surface area contributed by atoms with Crippen LogP contribution >= 0.6 is 0 Å². The van der Waals surface area contributed by atoms with E-state index in [4.69, 9.17) is 10.5 Å². The average molecular weight is 233 g/mol. The fourth-order valence-corrected chi connectivity index (χ4v) is 1.69. The summed E-state index contributed by atoms with van der Waals surface area (Å²) < 4.78 is 5.28. The molecule has 1 aromatic rings. The summed E-state index contributed by atoms with van der Waals surface area (Å²) in [6, 6.07) is 8.55. The highest BCUT2D eigenvalue weighted by Gasteiger charge is 2.21. The van der Waals surface area contributed by atoms with Crippen LogP contribution in [-0.4, -0.2) is 25.7 Å². The van der Waals surface area contributed by atoms with Gasteiger partial charge in [0, 0.05) is 12.6 Å². The topological polar surface area (TPSA) is 59.6 Å². The number of methoxy groups -OCH3 is 1.